The summed E-state index contributed by atoms with van der Waals surface area (Å²) in [6, 6.07) is 3.59. The first-order valence-electron chi connectivity index (χ1n) is 9.08. The van der Waals surface area contributed by atoms with E-state index in [-0.39, 0.29) is 43.8 Å². The van der Waals surface area contributed by atoms with E-state index in [1.165, 1.54) is 10.4 Å². The highest BCUT2D eigenvalue weighted by Gasteiger charge is 2.30. The Morgan fingerprint density at radius 2 is 1.92 bits per heavy atom. The molecule has 1 saturated heterocycles. The van der Waals surface area contributed by atoms with E-state index in [1.807, 2.05) is 0 Å². The highest BCUT2D eigenvalue weighted by molar-refractivity contribution is 7.89. The van der Waals surface area contributed by atoms with Gasteiger partial charge in [-0.25, -0.2) is 12.8 Å². The maximum absolute atomic E-state index is 14.2. The Morgan fingerprint density at radius 3 is 2.62 bits per heavy atom. The van der Waals surface area contributed by atoms with Crippen LogP contribution in [-0.2, 0) is 14.8 Å². The second-order valence-electron chi connectivity index (χ2n) is 7.00. The van der Waals surface area contributed by atoms with Crippen molar-refractivity contribution in [1.82, 2.24) is 9.62 Å². The lowest BCUT2D eigenvalue weighted by Crippen LogP contribution is -2.42. The molecule has 0 bridgehead atoms. The topological polar surface area (TPSA) is 75.7 Å². The van der Waals surface area contributed by atoms with Crippen LogP contribution in [0.5, 0.6) is 0 Å². The zero-order valence-corrected chi connectivity index (χ0v) is 15.7. The molecule has 0 spiro atoms. The number of nitrogens with zero attached hydrogens (tertiary/aromatic N) is 1. The van der Waals surface area contributed by atoms with Gasteiger partial charge in [-0.1, -0.05) is 19.8 Å². The number of benzene rings is 1. The summed E-state index contributed by atoms with van der Waals surface area (Å²) in [5.41, 5.74) is 0.163. The molecule has 1 N–H and O–H groups in total. The highest BCUT2D eigenvalue weighted by Crippen LogP contribution is 2.25. The number of carbonyl (C=O) groups excluding carboxylic acids is 1. The minimum absolute atomic E-state index is 0.0700. The number of ether oxygens (including phenoxy) is 1. The van der Waals surface area contributed by atoms with Crippen molar-refractivity contribution < 1.29 is 22.3 Å². The van der Waals surface area contributed by atoms with Crippen molar-refractivity contribution in [3.05, 3.63) is 29.6 Å². The van der Waals surface area contributed by atoms with Crippen LogP contribution >= 0.6 is 0 Å². The monoisotopic (exact) mass is 384 g/mol. The molecule has 3 rings (SSSR count). The molecule has 1 saturated carbocycles. The minimum Gasteiger partial charge on any atom is -0.379 e. The zero-order chi connectivity index (χ0) is 18.7. The SMILES string of the molecule is C[C@H]1CCCC[C@@H]1NC(=O)c1ccc(F)c(S(=O)(=O)N2CCOCC2)c1. The van der Waals surface area contributed by atoms with Crippen LogP contribution < -0.4 is 5.32 Å². The lowest BCUT2D eigenvalue weighted by molar-refractivity contribution is 0.0729. The van der Waals surface area contributed by atoms with Gasteiger partial charge in [0.05, 0.1) is 13.2 Å². The van der Waals surface area contributed by atoms with Gasteiger partial charge in [-0.15, -0.1) is 0 Å². The number of sulfonamides is 1. The lowest BCUT2D eigenvalue weighted by atomic mass is 9.86. The Bertz CT molecular complexity index is 762. The van der Waals surface area contributed by atoms with Crippen molar-refractivity contribution in [3.8, 4) is 0 Å². The molecule has 1 aromatic carbocycles. The number of hydrogen-bond donors (Lipinski definition) is 1. The third kappa shape index (κ3) is 4.07. The average Bonchev–Trinajstić information content (AvgIpc) is 2.64. The molecule has 0 aromatic heterocycles. The Morgan fingerprint density at radius 1 is 1.23 bits per heavy atom. The Hall–Kier alpha value is -1.51. The van der Waals surface area contributed by atoms with Gasteiger partial charge >= 0.3 is 0 Å². The molecule has 6 nitrogen and oxygen atoms in total. The van der Waals surface area contributed by atoms with Crippen LogP contribution in [0.15, 0.2) is 23.1 Å². The first-order valence-corrected chi connectivity index (χ1v) is 10.5. The number of nitrogens with one attached hydrogen (secondary N) is 1. The average molecular weight is 384 g/mol. The molecule has 2 fully saturated rings. The molecule has 2 atom stereocenters. The van der Waals surface area contributed by atoms with Crippen LogP contribution in [0.4, 0.5) is 4.39 Å². The van der Waals surface area contributed by atoms with Gasteiger partial charge in [-0.3, -0.25) is 4.79 Å². The van der Waals surface area contributed by atoms with E-state index in [0.717, 1.165) is 37.8 Å². The van der Waals surface area contributed by atoms with E-state index in [9.17, 15) is 17.6 Å². The fourth-order valence-electron chi connectivity index (χ4n) is 3.55. The van der Waals surface area contributed by atoms with Crippen LogP contribution in [0.25, 0.3) is 0 Å². The standard InChI is InChI=1S/C18H25FN2O4S/c1-13-4-2-3-5-16(13)20-18(22)14-6-7-15(19)17(12-14)26(23,24)21-8-10-25-11-9-21/h6-7,12-13,16H,2-5,8-11H2,1H3,(H,20,22)/t13-,16-/m0/s1. The summed E-state index contributed by atoms with van der Waals surface area (Å²) in [4.78, 5) is 12.1. The first kappa shape index (κ1) is 19.3. The summed E-state index contributed by atoms with van der Waals surface area (Å²) in [6.45, 7) is 3.01. The molecule has 2 aliphatic rings. The van der Waals surface area contributed by atoms with Crippen molar-refractivity contribution in [2.75, 3.05) is 26.3 Å². The van der Waals surface area contributed by atoms with Crippen LogP contribution in [0.3, 0.4) is 0 Å². The van der Waals surface area contributed by atoms with Gasteiger partial charge in [-0.2, -0.15) is 4.31 Å². The summed E-state index contributed by atoms with van der Waals surface area (Å²) in [7, 11) is -3.99. The number of morpholine rings is 1. The zero-order valence-electron chi connectivity index (χ0n) is 14.9. The molecule has 1 aromatic rings. The molecule has 1 amide bonds. The van der Waals surface area contributed by atoms with Gasteiger partial charge in [-0.05, 0) is 37.0 Å². The fraction of sp³-hybridized carbons (Fsp3) is 0.611. The van der Waals surface area contributed by atoms with Gasteiger partial charge in [0.15, 0.2) is 0 Å². The molecule has 8 heteroatoms. The quantitative estimate of drug-likeness (QED) is 0.863. The van der Waals surface area contributed by atoms with Crippen molar-refractivity contribution in [2.45, 2.75) is 43.5 Å². The summed E-state index contributed by atoms with van der Waals surface area (Å²) < 4.78 is 46.0. The van der Waals surface area contributed by atoms with Crippen molar-refractivity contribution >= 4 is 15.9 Å². The van der Waals surface area contributed by atoms with Crippen LogP contribution in [0.2, 0.25) is 0 Å². The lowest BCUT2D eigenvalue weighted by Gasteiger charge is -2.29. The molecule has 26 heavy (non-hydrogen) atoms. The number of amides is 1. The predicted molar refractivity (Wildman–Crippen MR) is 94.9 cm³/mol. The number of halogens is 1. The van der Waals surface area contributed by atoms with E-state index in [1.54, 1.807) is 0 Å². The van der Waals surface area contributed by atoms with Crippen molar-refractivity contribution in [1.29, 1.82) is 0 Å². The smallest absolute Gasteiger partial charge is 0.251 e. The van der Waals surface area contributed by atoms with Crippen molar-refractivity contribution in [3.63, 3.8) is 0 Å². The van der Waals surface area contributed by atoms with Gasteiger partial charge in [0.25, 0.3) is 5.91 Å². The second-order valence-corrected chi connectivity index (χ2v) is 8.91. The van der Waals surface area contributed by atoms with Gasteiger partial charge in [0.1, 0.15) is 10.7 Å². The molecule has 1 aliphatic heterocycles. The Balaban J connectivity index is 1.81. The molecule has 1 aliphatic carbocycles. The van der Waals surface area contributed by atoms with Crippen LogP contribution in [-0.4, -0.2) is 51.0 Å². The maximum atomic E-state index is 14.2. The van der Waals surface area contributed by atoms with E-state index >= 15 is 0 Å². The fourth-order valence-corrected chi connectivity index (χ4v) is 5.05. The second kappa shape index (κ2) is 8.02. The highest BCUT2D eigenvalue weighted by atomic mass is 32.2. The molecule has 0 unspecified atom stereocenters. The minimum atomic E-state index is -3.99. The summed E-state index contributed by atoms with van der Waals surface area (Å²) >= 11 is 0. The Labute approximate surface area is 153 Å². The maximum Gasteiger partial charge on any atom is 0.251 e. The Kier molecular flexibility index (Phi) is 5.94. The number of rotatable bonds is 4. The predicted octanol–water partition coefficient (Wildman–Crippen LogP) is 2.16. The van der Waals surface area contributed by atoms with Crippen LogP contribution in [0, 0.1) is 11.7 Å². The van der Waals surface area contributed by atoms with E-state index < -0.39 is 20.7 Å². The van der Waals surface area contributed by atoms with Crippen LogP contribution in [0.1, 0.15) is 43.0 Å². The van der Waals surface area contributed by atoms with E-state index in [0.29, 0.717) is 5.92 Å². The molecular formula is C18H25FN2O4S. The normalized spacial score (nSPS) is 25.0. The summed E-state index contributed by atoms with van der Waals surface area (Å²) in [5.74, 6) is -0.828. The molecule has 0 radical (unpaired) electrons. The molecular weight excluding hydrogens is 359 g/mol. The largest absolute Gasteiger partial charge is 0.379 e. The van der Waals surface area contributed by atoms with E-state index in [2.05, 4.69) is 12.2 Å². The number of hydrogen-bond acceptors (Lipinski definition) is 4. The molecule has 144 valence electrons. The van der Waals surface area contributed by atoms with Gasteiger partial charge in [0.2, 0.25) is 10.0 Å². The van der Waals surface area contributed by atoms with E-state index in [4.69, 9.17) is 4.74 Å². The first-order chi connectivity index (χ1) is 12.4. The van der Waals surface area contributed by atoms with Gasteiger partial charge in [0, 0.05) is 24.7 Å². The third-order valence-corrected chi connectivity index (χ3v) is 7.12. The molecule has 1 heterocycles. The summed E-state index contributed by atoms with van der Waals surface area (Å²) in [5, 5.41) is 2.97. The van der Waals surface area contributed by atoms with Gasteiger partial charge < -0.3 is 10.1 Å². The third-order valence-electron chi connectivity index (χ3n) is 5.21. The van der Waals surface area contributed by atoms with Crippen molar-refractivity contribution in [2.24, 2.45) is 5.92 Å². The number of carbonyl (C=O) groups is 1. The summed E-state index contributed by atoms with van der Waals surface area (Å²) in [6.07, 6.45) is 4.19.